The summed E-state index contributed by atoms with van der Waals surface area (Å²) >= 11 is 0. The second kappa shape index (κ2) is 12.7. The van der Waals surface area contributed by atoms with Crippen LogP contribution in [0.25, 0.3) is 0 Å². The molecule has 1 spiro atoms. The molecular formula is C37H50N2O4. The smallest absolute Gasteiger partial charge is 0.308 e. The Bertz CT molecular complexity index is 1300. The minimum Gasteiger partial charge on any atom is -0.483 e. The van der Waals surface area contributed by atoms with Gasteiger partial charge in [0.15, 0.2) is 11.5 Å². The van der Waals surface area contributed by atoms with Crippen molar-refractivity contribution in [1.29, 1.82) is 0 Å². The zero-order valence-electron chi connectivity index (χ0n) is 26.2. The van der Waals surface area contributed by atoms with Gasteiger partial charge in [0.1, 0.15) is 6.10 Å². The van der Waals surface area contributed by atoms with E-state index < -0.39 is 11.0 Å². The third-order valence-corrected chi connectivity index (χ3v) is 10.9. The fraction of sp³-hybridized carbons (Fsp3) is 0.595. The maximum absolute atomic E-state index is 12.8. The Morgan fingerprint density at radius 2 is 1.91 bits per heavy atom. The Hall–Kier alpha value is -2.67. The molecule has 2 aromatic carbocycles. The molecule has 43 heavy (non-hydrogen) atoms. The number of nitrogens with zero attached hydrogens (tertiary/aromatic N) is 2. The Balaban J connectivity index is 1.26. The SMILES string of the molecule is C=CCN1CC[C@]23c4c5ccc(OC(C)=O)c4O[C@H]2[C@@H](N(CCCC)CCCCCCc2ccccc2)CC[C@@]3(O)[C@H]1C5. The highest BCUT2D eigenvalue weighted by atomic mass is 16.6. The standard InChI is InChI=1S/C37H50N2O4/c1-4-6-23-38(24-13-8-7-10-14-28-15-11-9-12-16-28)30-19-20-37(41)32-26-29-17-18-31(42-27(3)40)34-33(29)36(37,35(30)43-34)21-25-39(32)22-5-2/h5,9,11-12,15-18,30,32,35,41H,2,4,6-8,10,13-14,19-26H2,1,3H3/t30-,32+,35-,36-,37+/m0/s1. The Kier molecular flexibility index (Phi) is 9.00. The number of unbranched alkanes of at least 4 members (excludes halogenated alkanes) is 4. The molecule has 0 amide bonds. The summed E-state index contributed by atoms with van der Waals surface area (Å²) in [5.41, 5.74) is 2.38. The lowest BCUT2D eigenvalue weighted by Crippen LogP contribution is -2.78. The van der Waals surface area contributed by atoms with Crippen molar-refractivity contribution < 1.29 is 19.4 Å². The molecule has 2 aliphatic carbocycles. The van der Waals surface area contributed by atoms with Crippen LogP contribution in [0.15, 0.2) is 55.1 Å². The largest absolute Gasteiger partial charge is 0.483 e. The summed E-state index contributed by atoms with van der Waals surface area (Å²) in [7, 11) is 0. The molecule has 0 radical (unpaired) electrons. The van der Waals surface area contributed by atoms with Gasteiger partial charge in [-0.2, -0.15) is 0 Å². The van der Waals surface area contributed by atoms with Crippen molar-refractivity contribution in [3.05, 3.63) is 71.8 Å². The molecule has 6 heteroatoms. The Labute approximate surface area is 258 Å². The van der Waals surface area contributed by atoms with Crippen LogP contribution in [0.4, 0.5) is 0 Å². The number of carbonyl (C=O) groups is 1. The van der Waals surface area contributed by atoms with Gasteiger partial charge in [-0.3, -0.25) is 14.6 Å². The third kappa shape index (κ3) is 5.34. The van der Waals surface area contributed by atoms with Gasteiger partial charge in [-0.25, -0.2) is 0 Å². The van der Waals surface area contributed by atoms with Crippen molar-refractivity contribution in [2.75, 3.05) is 26.2 Å². The van der Waals surface area contributed by atoms with Gasteiger partial charge in [-0.15, -0.1) is 6.58 Å². The van der Waals surface area contributed by atoms with Crippen LogP contribution in [0.3, 0.4) is 0 Å². The highest BCUT2D eigenvalue weighted by molar-refractivity contribution is 5.72. The molecule has 1 N–H and O–H groups in total. The molecule has 2 aliphatic heterocycles. The van der Waals surface area contributed by atoms with Crippen LogP contribution in [0.5, 0.6) is 11.5 Å². The topological polar surface area (TPSA) is 62.2 Å². The minimum atomic E-state index is -0.892. The van der Waals surface area contributed by atoms with Gasteiger partial charge in [0.25, 0.3) is 0 Å². The second-order valence-corrected chi connectivity index (χ2v) is 13.4. The fourth-order valence-corrected chi connectivity index (χ4v) is 9.03. The zero-order chi connectivity index (χ0) is 30.0. The number of esters is 1. The first kappa shape index (κ1) is 30.4. The van der Waals surface area contributed by atoms with E-state index in [9.17, 15) is 9.90 Å². The number of hydrogen-bond donors (Lipinski definition) is 1. The van der Waals surface area contributed by atoms with E-state index in [1.54, 1.807) is 0 Å². The average Bonchev–Trinajstić information content (AvgIpc) is 3.35. The third-order valence-electron chi connectivity index (χ3n) is 10.9. The number of aryl methyl sites for hydroxylation is 1. The number of rotatable bonds is 14. The molecule has 232 valence electrons. The quantitative estimate of drug-likeness (QED) is 0.123. The van der Waals surface area contributed by atoms with Crippen LogP contribution in [0.2, 0.25) is 0 Å². The van der Waals surface area contributed by atoms with E-state index >= 15 is 0 Å². The van der Waals surface area contributed by atoms with Crippen LogP contribution in [-0.2, 0) is 23.1 Å². The summed E-state index contributed by atoms with van der Waals surface area (Å²) in [5, 5.41) is 12.8. The second-order valence-electron chi connectivity index (χ2n) is 13.4. The molecule has 0 aromatic heterocycles. The van der Waals surface area contributed by atoms with Gasteiger partial charge in [0.05, 0.1) is 11.0 Å². The summed E-state index contributed by atoms with van der Waals surface area (Å²) in [5.74, 6) is 0.863. The summed E-state index contributed by atoms with van der Waals surface area (Å²) < 4.78 is 12.7. The van der Waals surface area contributed by atoms with Crippen LogP contribution in [0.1, 0.15) is 88.3 Å². The first-order valence-corrected chi connectivity index (χ1v) is 16.8. The van der Waals surface area contributed by atoms with E-state index in [0.29, 0.717) is 11.5 Å². The number of piperidine rings is 1. The highest BCUT2D eigenvalue weighted by Crippen LogP contribution is 2.66. The molecule has 4 aliphatic rings. The lowest BCUT2D eigenvalue weighted by molar-refractivity contribution is -0.198. The highest BCUT2D eigenvalue weighted by Gasteiger charge is 2.73. The summed E-state index contributed by atoms with van der Waals surface area (Å²) in [6.45, 7) is 11.5. The number of benzene rings is 2. The summed E-state index contributed by atoms with van der Waals surface area (Å²) in [6, 6.07) is 15.1. The predicted molar refractivity (Wildman–Crippen MR) is 171 cm³/mol. The minimum absolute atomic E-state index is 0.0260. The van der Waals surface area contributed by atoms with Crippen LogP contribution >= 0.6 is 0 Å². The van der Waals surface area contributed by atoms with E-state index in [0.717, 1.165) is 76.7 Å². The first-order valence-electron chi connectivity index (χ1n) is 16.8. The van der Waals surface area contributed by atoms with Gasteiger partial charge in [0.2, 0.25) is 0 Å². The monoisotopic (exact) mass is 586 g/mol. The Morgan fingerprint density at radius 1 is 1.12 bits per heavy atom. The lowest BCUT2D eigenvalue weighted by Gasteiger charge is -2.65. The number of carbonyl (C=O) groups excluding carboxylic acids is 1. The van der Waals surface area contributed by atoms with E-state index in [-0.39, 0.29) is 24.2 Å². The molecule has 6 nitrogen and oxygen atoms in total. The normalized spacial score (nSPS) is 28.8. The van der Waals surface area contributed by atoms with Crippen molar-refractivity contribution >= 4 is 5.97 Å². The number of ether oxygens (including phenoxy) is 2. The van der Waals surface area contributed by atoms with E-state index in [1.807, 2.05) is 12.1 Å². The van der Waals surface area contributed by atoms with Crippen LogP contribution in [0, 0.1) is 0 Å². The van der Waals surface area contributed by atoms with Gasteiger partial charge in [0, 0.05) is 31.1 Å². The van der Waals surface area contributed by atoms with Crippen molar-refractivity contribution in [2.45, 2.75) is 114 Å². The number of aliphatic hydroxyl groups is 1. The van der Waals surface area contributed by atoms with E-state index in [4.69, 9.17) is 9.47 Å². The lowest BCUT2D eigenvalue weighted by atomic mass is 9.48. The molecule has 2 fully saturated rings. The molecule has 6 rings (SSSR count). The maximum Gasteiger partial charge on any atom is 0.308 e. The number of likely N-dealkylation sites (tertiary alicyclic amines) is 1. The predicted octanol–water partition coefficient (Wildman–Crippen LogP) is 6.23. The maximum atomic E-state index is 12.8. The molecule has 2 bridgehead atoms. The molecule has 2 heterocycles. The van der Waals surface area contributed by atoms with Crippen LogP contribution in [-0.4, -0.2) is 70.8 Å². The van der Waals surface area contributed by atoms with Crippen molar-refractivity contribution in [1.82, 2.24) is 9.80 Å². The molecular weight excluding hydrogens is 536 g/mol. The van der Waals surface area contributed by atoms with Crippen molar-refractivity contribution in [3.8, 4) is 11.5 Å². The molecule has 2 aromatic rings. The number of hydrogen-bond acceptors (Lipinski definition) is 6. The van der Waals surface area contributed by atoms with Gasteiger partial charge in [-0.1, -0.05) is 68.7 Å². The van der Waals surface area contributed by atoms with Gasteiger partial charge in [-0.05, 0) is 88.2 Å². The van der Waals surface area contributed by atoms with Crippen molar-refractivity contribution in [3.63, 3.8) is 0 Å². The van der Waals surface area contributed by atoms with Crippen LogP contribution < -0.4 is 9.47 Å². The van der Waals surface area contributed by atoms with E-state index in [2.05, 4.69) is 59.7 Å². The van der Waals surface area contributed by atoms with Crippen molar-refractivity contribution in [2.24, 2.45) is 0 Å². The van der Waals surface area contributed by atoms with E-state index in [1.165, 1.54) is 43.7 Å². The Morgan fingerprint density at radius 3 is 2.67 bits per heavy atom. The average molecular weight is 587 g/mol. The van der Waals surface area contributed by atoms with Gasteiger partial charge < -0.3 is 14.6 Å². The zero-order valence-corrected chi connectivity index (χ0v) is 26.2. The fourth-order valence-electron chi connectivity index (χ4n) is 9.03. The molecule has 1 saturated carbocycles. The molecule has 1 saturated heterocycles. The molecule has 5 atom stereocenters. The van der Waals surface area contributed by atoms with Gasteiger partial charge >= 0.3 is 5.97 Å². The summed E-state index contributed by atoms with van der Waals surface area (Å²) in [6.07, 6.45) is 13.4. The molecule has 0 unspecified atom stereocenters. The first-order chi connectivity index (χ1) is 20.9. The summed E-state index contributed by atoms with van der Waals surface area (Å²) in [4.78, 5) is 17.2.